The first-order valence-electron chi connectivity index (χ1n) is 8.70. The van der Waals surface area contributed by atoms with E-state index >= 15 is 0 Å². The molecule has 0 radical (unpaired) electrons. The van der Waals surface area contributed by atoms with Gasteiger partial charge in [0.15, 0.2) is 22.5 Å². The number of rotatable bonds is 4. The molecule has 5 nitrogen and oxygen atoms in total. The van der Waals surface area contributed by atoms with Gasteiger partial charge in [-0.2, -0.15) is 0 Å². The molecule has 0 spiro atoms. The van der Waals surface area contributed by atoms with Crippen molar-refractivity contribution in [3.8, 4) is 0 Å². The summed E-state index contributed by atoms with van der Waals surface area (Å²) >= 11 is 1.44. The smallest absolute Gasteiger partial charge is 0.338 e. The Morgan fingerprint density at radius 1 is 1.37 bits per heavy atom. The fraction of sp³-hybridized carbons (Fsp3) is 0.316. The van der Waals surface area contributed by atoms with Crippen molar-refractivity contribution < 1.29 is 18.3 Å². The van der Waals surface area contributed by atoms with Gasteiger partial charge in [-0.05, 0) is 37.5 Å². The minimum atomic E-state index is -0.972. The lowest BCUT2D eigenvalue weighted by atomic mass is 9.94. The summed E-state index contributed by atoms with van der Waals surface area (Å²) in [5.74, 6) is -1.73. The number of esters is 1. The number of aliphatic imine (C=N–C) groups is 1. The van der Waals surface area contributed by atoms with Crippen LogP contribution in [-0.4, -0.2) is 34.8 Å². The zero-order valence-corrected chi connectivity index (χ0v) is 15.4. The molecule has 0 amide bonds. The van der Waals surface area contributed by atoms with Crippen LogP contribution in [0, 0.1) is 11.6 Å². The Kier molecular flexibility index (Phi) is 4.73. The number of nitrogens with zero attached hydrogens (tertiary/aromatic N) is 3. The van der Waals surface area contributed by atoms with Crippen LogP contribution in [0.3, 0.4) is 0 Å². The normalized spacial score (nSPS) is 19.1. The predicted molar refractivity (Wildman–Crippen MR) is 97.3 cm³/mol. The first-order valence-corrected chi connectivity index (χ1v) is 9.58. The van der Waals surface area contributed by atoms with E-state index in [-0.39, 0.29) is 6.61 Å². The van der Waals surface area contributed by atoms with Crippen molar-refractivity contribution >= 4 is 23.1 Å². The molecule has 2 aliphatic heterocycles. The van der Waals surface area contributed by atoms with Gasteiger partial charge < -0.3 is 9.64 Å². The number of halogens is 2. The summed E-state index contributed by atoms with van der Waals surface area (Å²) in [7, 11) is 0. The van der Waals surface area contributed by atoms with Gasteiger partial charge in [0, 0.05) is 23.8 Å². The molecule has 1 aromatic heterocycles. The molecule has 0 aliphatic carbocycles. The van der Waals surface area contributed by atoms with Crippen LogP contribution < -0.4 is 0 Å². The highest BCUT2D eigenvalue weighted by atomic mass is 32.1. The Morgan fingerprint density at radius 3 is 2.93 bits per heavy atom. The molecule has 140 valence electrons. The number of carbonyl (C=O) groups excluding carboxylic acids is 1. The molecule has 0 saturated carbocycles. The molecule has 4 rings (SSSR count). The lowest BCUT2D eigenvalue weighted by molar-refractivity contribution is -0.139. The number of hydrogen-bond donors (Lipinski definition) is 0. The fourth-order valence-corrected chi connectivity index (χ4v) is 4.11. The molecule has 0 bridgehead atoms. The minimum Gasteiger partial charge on any atom is -0.463 e. The number of carbonyl (C=O) groups is 1. The monoisotopic (exact) mass is 389 g/mol. The first-order chi connectivity index (χ1) is 13.1. The molecule has 1 aromatic carbocycles. The maximum absolute atomic E-state index is 13.9. The largest absolute Gasteiger partial charge is 0.463 e. The molecular formula is C19H17F2N3O2S. The maximum Gasteiger partial charge on any atom is 0.338 e. The van der Waals surface area contributed by atoms with Gasteiger partial charge in [-0.15, -0.1) is 11.3 Å². The Bertz CT molecular complexity index is 940. The standard InChI is InChI=1S/C19H17F2N3O2S/c1-2-26-19(25)15-14-4-3-8-24(14)17(18-22-7-9-27-18)23-16(15)11-5-6-12(20)13(21)10-11/h5-7,9-10,16H,2-4,8H2,1H3. The van der Waals surface area contributed by atoms with Crippen molar-refractivity contribution in [2.75, 3.05) is 13.2 Å². The maximum atomic E-state index is 13.9. The van der Waals surface area contributed by atoms with E-state index in [1.54, 1.807) is 13.1 Å². The Hall–Kier alpha value is -2.61. The molecule has 2 aromatic rings. The molecule has 1 unspecified atom stereocenters. The van der Waals surface area contributed by atoms with Crippen molar-refractivity contribution in [3.05, 3.63) is 63.3 Å². The topological polar surface area (TPSA) is 54.8 Å². The number of amidine groups is 1. The van der Waals surface area contributed by atoms with E-state index in [2.05, 4.69) is 4.98 Å². The van der Waals surface area contributed by atoms with Gasteiger partial charge in [-0.25, -0.2) is 18.6 Å². The quantitative estimate of drug-likeness (QED) is 0.746. The zero-order chi connectivity index (χ0) is 19.0. The van der Waals surface area contributed by atoms with Crippen LogP contribution >= 0.6 is 11.3 Å². The number of aromatic nitrogens is 1. The van der Waals surface area contributed by atoms with Crippen molar-refractivity contribution in [2.24, 2.45) is 4.99 Å². The predicted octanol–water partition coefficient (Wildman–Crippen LogP) is 3.84. The van der Waals surface area contributed by atoms with Gasteiger partial charge in [0.05, 0.1) is 12.2 Å². The summed E-state index contributed by atoms with van der Waals surface area (Å²) in [5, 5.41) is 2.58. The van der Waals surface area contributed by atoms with Crippen LogP contribution in [0.2, 0.25) is 0 Å². The molecule has 1 saturated heterocycles. The Balaban J connectivity index is 1.88. The number of ether oxygens (including phenoxy) is 1. The van der Waals surface area contributed by atoms with E-state index in [1.165, 1.54) is 17.4 Å². The van der Waals surface area contributed by atoms with E-state index in [9.17, 15) is 13.6 Å². The molecule has 1 fully saturated rings. The highest BCUT2D eigenvalue weighted by Crippen LogP contribution is 2.40. The average Bonchev–Trinajstić information content (AvgIpc) is 3.34. The molecular weight excluding hydrogens is 372 g/mol. The van der Waals surface area contributed by atoms with Crippen LogP contribution in [0.1, 0.15) is 36.4 Å². The molecule has 3 heterocycles. The van der Waals surface area contributed by atoms with Gasteiger partial charge in [0.1, 0.15) is 6.04 Å². The van der Waals surface area contributed by atoms with Crippen molar-refractivity contribution in [3.63, 3.8) is 0 Å². The summed E-state index contributed by atoms with van der Waals surface area (Å²) in [6, 6.07) is 2.84. The zero-order valence-electron chi connectivity index (χ0n) is 14.6. The Labute approximate surface area is 159 Å². The van der Waals surface area contributed by atoms with Gasteiger partial charge in [-0.1, -0.05) is 6.07 Å². The molecule has 0 N–H and O–H groups in total. The number of benzene rings is 1. The lowest BCUT2D eigenvalue weighted by Gasteiger charge is -2.31. The Morgan fingerprint density at radius 2 is 2.22 bits per heavy atom. The third-order valence-electron chi connectivity index (χ3n) is 4.59. The highest BCUT2D eigenvalue weighted by Gasteiger charge is 2.39. The molecule has 1 atom stereocenters. The molecule has 27 heavy (non-hydrogen) atoms. The molecule has 2 aliphatic rings. The van der Waals surface area contributed by atoms with Gasteiger partial charge in [-0.3, -0.25) is 4.99 Å². The van der Waals surface area contributed by atoms with Crippen molar-refractivity contribution in [2.45, 2.75) is 25.8 Å². The van der Waals surface area contributed by atoms with E-state index in [0.717, 1.165) is 35.8 Å². The third-order valence-corrected chi connectivity index (χ3v) is 5.36. The van der Waals surface area contributed by atoms with E-state index < -0.39 is 23.6 Å². The van der Waals surface area contributed by atoms with E-state index in [1.807, 2.05) is 10.3 Å². The highest BCUT2D eigenvalue weighted by molar-refractivity contribution is 7.11. The number of allylic oxidation sites excluding steroid dienone is 1. The van der Waals surface area contributed by atoms with Crippen LogP contribution in [-0.2, 0) is 9.53 Å². The fourth-order valence-electron chi connectivity index (χ4n) is 3.47. The van der Waals surface area contributed by atoms with E-state index in [4.69, 9.17) is 9.73 Å². The SMILES string of the molecule is CCOC(=O)C1=C2CCCN2C(c2nccs2)=NC1c1ccc(F)c(F)c1. The van der Waals surface area contributed by atoms with Crippen molar-refractivity contribution in [1.82, 2.24) is 9.88 Å². The number of thiazole rings is 1. The van der Waals surface area contributed by atoms with Crippen molar-refractivity contribution in [1.29, 1.82) is 0 Å². The summed E-state index contributed by atoms with van der Waals surface area (Å²) in [5.41, 5.74) is 1.62. The second-order valence-electron chi connectivity index (χ2n) is 6.20. The van der Waals surface area contributed by atoms with Gasteiger partial charge in [0.25, 0.3) is 0 Å². The first kappa shape index (κ1) is 17.8. The summed E-state index contributed by atoms with van der Waals surface area (Å²) in [6.45, 7) is 2.68. The third kappa shape index (κ3) is 3.14. The van der Waals surface area contributed by atoms with Crippen LogP contribution in [0.5, 0.6) is 0 Å². The van der Waals surface area contributed by atoms with Gasteiger partial charge in [0.2, 0.25) is 0 Å². The number of fused-ring (bicyclic) bond motifs is 1. The van der Waals surface area contributed by atoms with Crippen LogP contribution in [0.25, 0.3) is 0 Å². The van der Waals surface area contributed by atoms with Crippen LogP contribution in [0.4, 0.5) is 8.78 Å². The van der Waals surface area contributed by atoms with Gasteiger partial charge >= 0.3 is 5.97 Å². The average molecular weight is 389 g/mol. The second-order valence-corrected chi connectivity index (χ2v) is 7.10. The second kappa shape index (κ2) is 7.19. The lowest BCUT2D eigenvalue weighted by Crippen LogP contribution is -2.35. The molecule has 8 heteroatoms. The summed E-state index contributed by atoms with van der Waals surface area (Å²) in [6.07, 6.45) is 3.25. The summed E-state index contributed by atoms with van der Waals surface area (Å²) < 4.78 is 32.5. The van der Waals surface area contributed by atoms with Crippen LogP contribution in [0.15, 0.2) is 46.0 Å². The van der Waals surface area contributed by atoms with E-state index in [0.29, 0.717) is 23.4 Å². The summed E-state index contributed by atoms with van der Waals surface area (Å²) in [4.78, 5) is 23.8. The number of hydrogen-bond acceptors (Lipinski definition) is 6. The minimum absolute atomic E-state index is 0.225.